The van der Waals surface area contributed by atoms with Gasteiger partial charge >= 0.3 is 0 Å². The number of ether oxygens (including phenoxy) is 1. The molecule has 118 valence electrons. The van der Waals surface area contributed by atoms with Crippen molar-refractivity contribution in [3.05, 3.63) is 0 Å². The van der Waals surface area contributed by atoms with E-state index in [2.05, 4.69) is 33.0 Å². The smallest absolute Gasteiger partial charge is 0.0664 e. The van der Waals surface area contributed by atoms with Crippen LogP contribution in [0.3, 0.4) is 0 Å². The Morgan fingerprint density at radius 2 is 1.75 bits per heavy atom. The molecule has 0 bridgehead atoms. The minimum Gasteiger partial charge on any atom is -0.375 e. The molecule has 0 amide bonds. The van der Waals surface area contributed by atoms with Crippen molar-refractivity contribution in [1.82, 2.24) is 5.32 Å². The van der Waals surface area contributed by atoms with Crippen molar-refractivity contribution in [2.75, 3.05) is 6.54 Å². The van der Waals surface area contributed by atoms with E-state index < -0.39 is 0 Å². The predicted octanol–water partition coefficient (Wildman–Crippen LogP) is 4.53. The molecule has 2 heteroatoms. The van der Waals surface area contributed by atoms with Crippen LogP contribution >= 0.6 is 0 Å². The highest BCUT2D eigenvalue weighted by atomic mass is 16.5. The zero-order valence-electron chi connectivity index (χ0n) is 14.1. The maximum atomic E-state index is 6.48. The summed E-state index contributed by atoms with van der Waals surface area (Å²) in [5.41, 5.74) is 0.456. The molecule has 1 N–H and O–H groups in total. The lowest BCUT2D eigenvalue weighted by Gasteiger charge is -2.57. The number of hydrogen-bond acceptors (Lipinski definition) is 2. The Bertz CT molecular complexity index is 281. The molecular formula is C18H35NO. The van der Waals surface area contributed by atoms with Gasteiger partial charge in [-0.1, -0.05) is 46.5 Å². The molecule has 2 nitrogen and oxygen atoms in total. The lowest BCUT2D eigenvalue weighted by atomic mass is 9.57. The minimum absolute atomic E-state index is 0.419. The molecule has 20 heavy (non-hydrogen) atoms. The highest BCUT2D eigenvalue weighted by Crippen LogP contribution is 2.52. The summed E-state index contributed by atoms with van der Waals surface area (Å²) >= 11 is 0. The molecule has 0 radical (unpaired) electrons. The van der Waals surface area contributed by atoms with E-state index in [1.165, 1.54) is 51.4 Å². The Balaban J connectivity index is 1.97. The van der Waals surface area contributed by atoms with E-state index in [4.69, 9.17) is 4.74 Å². The van der Waals surface area contributed by atoms with Crippen LogP contribution in [0.1, 0.15) is 79.1 Å². The van der Waals surface area contributed by atoms with E-state index in [9.17, 15) is 0 Å². The molecule has 2 aliphatic rings. The molecule has 0 aromatic heterocycles. The Morgan fingerprint density at radius 3 is 2.30 bits per heavy atom. The van der Waals surface area contributed by atoms with Gasteiger partial charge in [0.05, 0.1) is 12.2 Å². The van der Waals surface area contributed by atoms with Crippen LogP contribution in [0.15, 0.2) is 0 Å². The Morgan fingerprint density at radius 1 is 1.10 bits per heavy atom. The van der Waals surface area contributed by atoms with Gasteiger partial charge in [-0.2, -0.15) is 0 Å². The van der Waals surface area contributed by atoms with Crippen LogP contribution in [-0.2, 0) is 4.74 Å². The van der Waals surface area contributed by atoms with Gasteiger partial charge in [0.25, 0.3) is 0 Å². The number of hydrogen-bond donors (Lipinski definition) is 1. The molecule has 1 spiro atoms. The largest absolute Gasteiger partial charge is 0.375 e. The van der Waals surface area contributed by atoms with Crippen molar-refractivity contribution in [3.63, 3.8) is 0 Å². The quantitative estimate of drug-likeness (QED) is 0.772. The Hall–Kier alpha value is -0.0800. The van der Waals surface area contributed by atoms with Gasteiger partial charge in [-0.25, -0.2) is 0 Å². The Kier molecular flexibility index (Phi) is 5.92. The molecule has 0 aromatic rings. The summed E-state index contributed by atoms with van der Waals surface area (Å²) in [6.07, 6.45) is 11.8. The maximum absolute atomic E-state index is 6.48. The maximum Gasteiger partial charge on any atom is 0.0664 e. The van der Waals surface area contributed by atoms with Crippen LogP contribution < -0.4 is 5.32 Å². The summed E-state index contributed by atoms with van der Waals surface area (Å²) in [6.45, 7) is 10.2. The molecule has 0 aliphatic heterocycles. The van der Waals surface area contributed by atoms with Crippen molar-refractivity contribution in [2.24, 2.45) is 11.3 Å². The second-order valence-electron chi connectivity index (χ2n) is 7.56. The molecule has 2 saturated carbocycles. The van der Waals surface area contributed by atoms with Crippen LogP contribution in [0.4, 0.5) is 0 Å². The van der Waals surface area contributed by atoms with Gasteiger partial charge in [-0.15, -0.1) is 0 Å². The van der Waals surface area contributed by atoms with E-state index in [0.717, 1.165) is 12.5 Å². The first-order valence-electron chi connectivity index (χ1n) is 8.97. The summed E-state index contributed by atoms with van der Waals surface area (Å²) in [5, 5.41) is 3.73. The van der Waals surface area contributed by atoms with E-state index in [1.54, 1.807) is 0 Å². The zero-order valence-corrected chi connectivity index (χ0v) is 14.1. The van der Waals surface area contributed by atoms with Gasteiger partial charge < -0.3 is 10.1 Å². The van der Waals surface area contributed by atoms with Crippen molar-refractivity contribution in [2.45, 2.75) is 97.3 Å². The third kappa shape index (κ3) is 3.57. The van der Waals surface area contributed by atoms with E-state index in [1.807, 2.05) is 0 Å². The fourth-order valence-corrected chi connectivity index (χ4v) is 4.53. The highest BCUT2D eigenvalue weighted by Gasteiger charge is 2.55. The van der Waals surface area contributed by atoms with Crippen LogP contribution in [0.5, 0.6) is 0 Å². The van der Waals surface area contributed by atoms with Crippen molar-refractivity contribution >= 4 is 0 Å². The molecule has 0 aromatic carbocycles. The molecule has 3 atom stereocenters. The highest BCUT2D eigenvalue weighted by molar-refractivity contribution is 5.08. The standard InChI is InChI=1S/C18H35NO/c1-5-19-16-13-17(20-15(4)12-14(2)3)18(16)10-8-6-7-9-11-18/h14-17,19H,5-13H2,1-4H3. The van der Waals surface area contributed by atoms with Crippen molar-refractivity contribution in [1.29, 1.82) is 0 Å². The average Bonchev–Trinajstić information content (AvgIpc) is 2.64. The summed E-state index contributed by atoms with van der Waals surface area (Å²) in [4.78, 5) is 0. The molecular weight excluding hydrogens is 246 g/mol. The van der Waals surface area contributed by atoms with E-state index >= 15 is 0 Å². The first kappa shape index (κ1) is 16.3. The minimum atomic E-state index is 0.419. The fraction of sp³-hybridized carbons (Fsp3) is 1.00. The third-order valence-electron chi connectivity index (χ3n) is 5.47. The summed E-state index contributed by atoms with van der Waals surface area (Å²) in [6, 6.07) is 0.710. The van der Waals surface area contributed by atoms with Gasteiger partial charge in [0.2, 0.25) is 0 Å². The van der Waals surface area contributed by atoms with Crippen LogP contribution in [-0.4, -0.2) is 24.8 Å². The lowest BCUT2D eigenvalue weighted by molar-refractivity contribution is -0.168. The van der Waals surface area contributed by atoms with Crippen LogP contribution in [0.2, 0.25) is 0 Å². The van der Waals surface area contributed by atoms with E-state index in [0.29, 0.717) is 23.7 Å². The third-order valence-corrected chi connectivity index (χ3v) is 5.47. The zero-order chi connectivity index (χ0) is 14.6. The second-order valence-corrected chi connectivity index (χ2v) is 7.56. The topological polar surface area (TPSA) is 21.3 Å². The molecule has 2 fully saturated rings. The number of nitrogens with one attached hydrogen (secondary N) is 1. The van der Waals surface area contributed by atoms with Gasteiger partial charge in [0.15, 0.2) is 0 Å². The first-order valence-corrected chi connectivity index (χ1v) is 8.97. The summed E-state index contributed by atoms with van der Waals surface area (Å²) in [5.74, 6) is 0.736. The number of rotatable bonds is 6. The van der Waals surface area contributed by atoms with E-state index in [-0.39, 0.29) is 0 Å². The van der Waals surface area contributed by atoms with Crippen molar-refractivity contribution < 1.29 is 4.74 Å². The summed E-state index contributed by atoms with van der Waals surface area (Å²) in [7, 11) is 0. The molecule has 2 rings (SSSR count). The van der Waals surface area contributed by atoms with Gasteiger partial charge in [-0.05, 0) is 45.1 Å². The normalized spacial score (nSPS) is 31.1. The lowest BCUT2D eigenvalue weighted by Crippen LogP contribution is -2.64. The predicted molar refractivity (Wildman–Crippen MR) is 86.0 cm³/mol. The van der Waals surface area contributed by atoms with Gasteiger partial charge in [0.1, 0.15) is 0 Å². The molecule has 0 heterocycles. The van der Waals surface area contributed by atoms with Crippen LogP contribution in [0.25, 0.3) is 0 Å². The first-order chi connectivity index (χ1) is 9.58. The Labute approximate surface area is 126 Å². The van der Waals surface area contributed by atoms with Gasteiger partial charge in [-0.3, -0.25) is 0 Å². The molecule has 3 unspecified atom stereocenters. The summed E-state index contributed by atoms with van der Waals surface area (Å²) < 4.78 is 6.48. The van der Waals surface area contributed by atoms with Crippen LogP contribution in [0, 0.1) is 11.3 Å². The van der Waals surface area contributed by atoms with Crippen molar-refractivity contribution in [3.8, 4) is 0 Å². The molecule has 2 aliphatic carbocycles. The van der Waals surface area contributed by atoms with Gasteiger partial charge in [0, 0.05) is 11.5 Å². The molecule has 0 saturated heterocycles. The monoisotopic (exact) mass is 281 g/mol. The average molecular weight is 281 g/mol. The second kappa shape index (κ2) is 7.26. The fourth-order valence-electron chi connectivity index (χ4n) is 4.53. The SMILES string of the molecule is CCNC1CC(OC(C)CC(C)C)C12CCCCCC2.